The van der Waals surface area contributed by atoms with Gasteiger partial charge in [0, 0.05) is 38.7 Å². The van der Waals surface area contributed by atoms with Crippen LogP contribution in [0.25, 0.3) is 0 Å². The van der Waals surface area contributed by atoms with E-state index in [1.165, 1.54) is 0 Å². The molecule has 1 fully saturated rings. The van der Waals surface area contributed by atoms with Gasteiger partial charge in [-0.25, -0.2) is 0 Å². The minimum Gasteiger partial charge on any atom is -0.342 e. The van der Waals surface area contributed by atoms with Gasteiger partial charge in [-0.3, -0.25) is 9.48 Å². The highest BCUT2D eigenvalue weighted by atomic mass is 16.5. The van der Waals surface area contributed by atoms with Gasteiger partial charge in [0.2, 0.25) is 11.8 Å². The molecule has 2 atom stereocenters. The summed E-state index contributed by atoms with van der Waals surface area (Å²) in [5.74, 6) is 2.10. The first-order chi connectivity index (χ1) is 12.1. The van der Waals surface area contributed by atoms with E-state index in [0.29, 0.717) is 24.8 Å². The van der Waals surface area contributed by atoms with Gasteiger partial charge in [0.25, 0.3) is 0 Å². The summed E-state index contributed by atoms with van der Waals surface area (Å²) in [6, 6.07) is 0. The molecule has 0 aliphatic carbocycles. The van der Waals surface area contributed by atoms with Crippen LogP contribution in [0.5, 0.6) is 0 Å². The molecule has 2 aromatic heterocycles. The normalized spacial score (nSPS) is 19.2. The van der Waals surface area contributed by atoms with Gasteiger partial charge in [-0.1, -0.05) is 19.0 Å². The summed E-state index contributed by atoms with van der Waals surface area (Å²) < 4.78 is 7.24. The first-order valence-corrected chi connectivity index (χ1v) is 9.15. The molecule has 0 aromatic carbocycles. The number of amides is 1. The van der Waals surface area contributed by atoms with Crippen molar-refractivity contribution in [3.05, 3.63) is 29.7 Å². The van der Waals surface area contributed by atoms with Gasteiger partial charge in [-0.2, -0.15) is 10.1 Å². The third-order valence-electron chi connectivity index (χ3n) is 5.02. The Labute approximate surface area is 148 Å². The highest BCUT2D eigenvalue weighted by Crippen LogP contribution is 2.27. The van der Waals surface area contributed by atoms with Crippen LogP contribution in [0.4, 0.5) is 0 Å². The van der Waals surface area contributed by atoms with Crippen LogP contribution in [0, 0.1) is 0 Å². The molecule has 0 radical (unpaired) electrons. The molecule has 0 spiro atoms. The van der Waals surface area contributed by atoms with Crippen molar-refractivity contribution in [1.82, 2.24) is 24.8 Å². The number of piperidine rings is 1. The summed E-state index contributed by atoms with van der Waals surface area (Å²) >= 11 is 0. The lowest BCUT2D eigenvalue weighted by molar-refractivity contribution is -0.132. The second-order valence-corrected chi connectivity index (χ2v) is 7.00. The van der Waals surface area contributed by atoms with Gasteiger partial charge in [-0.15, -0.1) is 0 Å². The molecule has 3 rings (SSSR count). The summed E-state index contributed by atoms with van der Waals surface area (Å²) in [5.41, 5.74) is 1.10. The van der Waals surface area contributed by atoms with Crippen molar-refractivity contribution < 1.29 is 9.32 Å². The van der Waals surface area contributed by atoms with Crippen molar-refractivity contribution in [3.63, 3.8) is 0 Å². The van der Waals surface area contributed by atoms with E-state index in [1.807, 2.05) is 24.3 Å². The molecule has 2 aromatic rings. The molecule has 25 heavy (non-hydrogen) atoms. The van der Waals surface area contributed by atoms with E-state index in [1.54, 1.807) is 4.68 Å². The molecular weight excluding hydrogens is 318 g/mol. The predicted octanol–water partition coefficient (Wildman–Crippen LogP) is 2.66. The molecule has 0 unspecified atom stereocenters. The van der Waals surface area contributed by atoms with Crippen LogP contribution in [-0.2, 0) is 18.3 Å². The molecule has 1 aliphatic rings. The molecule has 7 nitrogen and oxygen atoms in total. The molecule has 0 saturated carbocycles. The van der Waals surface area contributed by atoms with Gasteiger partial charge in [0.1, 0.15) is 0 Å². The molecule has 1 amide bonds. The Morgan fingerprint density at radius 2 is 2.32 bits per heavy atom. The highest BCUT2D eigenvalue weighted by Gasteiger charge is 2.28. The maximum Gasteiger partial charge on any atom is 0.231 e. The third kappa shape index (κ3) is 4.27. The van der Waals surface area contributed by atoms with Gasteiger partial charge < -0.3 is 9.42 Å². The molecule has 1 saturated heterocycles. The smallest absolute Gasteiger partial charge is 0.231 e. The first kappa shape index (κ1) is 17.6. The van der Waals surface area contributed by atoms with Gasteiger partial charge in [0.15, 0.2) is 5.82 Å². The number of hydrogen-bond donors (Lipinski definition) is 0. The second kappa shape index (κ2) is 7.80. The SMILES string of the molecule is CC[C@@H](C)c1noc([C@H]2CCCN(C(=O)CCc3cnn(C)c3)C2)n1. The fraction of sp³-hybridized carbons (Fsp3) is 0.667. The summed E-state index contributed by atoms with van der Waals surface area (Å²) in [7, 11) is 1.89. The lowest BCUT2D eigenvalue weighted by Crippen LogP contribution is -2.39. The maximum atomic E-state index is 12.5. The van der Waals surface area contributed by atoms with E-state index in [-0.39, 0.29) is 11.8 Å². The van der Waals surface area contributed by atoms with E-state index in [9.17, 15) is 4.79 Å². The zero-order chi connectivity index (χ0) is 17.8. The van der Waals surface area contributed by atoms with Gasteiger partial charge in [0.05, 0.1) is 12.1 Å². The topological polar surface area (TPSA) is 77.0 Å². The Morgan fingerprint density at radius 1 is 1.48 bits per heavy atom. The average molecular weight is 345 g/mol. The van der Waals surface area contributed by atoms with E-state index in [4.69, 9.17) is 4.52 Å². The quantitative estimate of drug-likeness (QED) is 0.804. The van der Waals surface area contributed by atoms with Crippen LogP contribution in [0.15, 0.2) is 16.9 Å². The number of hydrogen-bond acceptors (Lipinski definition) is 5. The summed E-state index contributed by atoms with van der Waals surface area (Å²) in [6.07, 6.45) is 7.98. The van der Waals surface area contributed by atoms with Gasteiger partial charge >= 0.3 is 0 Å². The van der Waals surface area contributed by atoms with Crippen molar-refractivity contribution in [3.8, 4) is 0 Å². The van der Waals surface area contributed by atoms with Crippen LogP contribution in [0.3, 0.4) is 0 Å². The molecule has 3 heterocycles. The molecule has 136 valence electrons. The van der Waals surface area contributed by atoms with Crippen LogP contribution >= 0.6 is 0 Å². The monoisotopic (exact) mass is 345 g/mol. The average Bonchev–Trinajstić information content (AvgIpc) is 3.28. The zero-order valence-corrected chi connectivity index (χ0v) is 15.3. The number of carbonyl (C=O) groups excluding carboxylic acids is 1. The first-order valence-electron chi connectivity index (χ1n) is 9.15. The molecule has 7 heteroatoms. The van der Waals surface area contributed by atoms with Crippen LogP contribution < -0.4 is 0 Å². The summed E-state index contributed by atoms with van der Waals surface area (Å²) in [5, 5.41) is 8.26. The molecular formula is C18H27N5O2. The van der Waals surface area contributed by atoms with E-state index >= 15 is 0 Å². The standard InChI is InChI=1S/C18H27N5O2/c1-4-13(2)17-20-18(25-21-17)15-6-5-9-23(12-15)16(24)8-7-14-10-19-22(3)11-14/h10-11,13,15H,4-9,12H2,1-3H3/t13-,15+/m1/s1. The minimum atomic E-state index is 0.154. The number of aryl methyl sites for hydroxylation is 2. The van der Waals surface area contributed by atoms with Gasteiger partial charge in [-0.05, 0) is 31.2 Å². The number of rotatable bonds is 6. The van der Waals surface area contributed by atoms with Crippen LogP contribution in [-0.4, -0.2) is 43.8 Å². The number of nitrogens with zero attached hydrogens (tertiary/aromatic N) is 5. The van der Waals surface area contributed by atoms with Crippen molar-refractivity contribution >= 4 is 5.91 Å². The largest absolute Gasteiger partial charge is 0.342 e. The minimum absolute atomic E-state index is 0.154. The Kier molecular flexibility index (Phi) is 5.50. The zero-order valence-electron chi connectivity index (χ0n) is 15.3. The number of aromatic nitrogens is 4. The lowest BCUT2D eigenvalue weighted by Gasteiger charge is -2.31. The Morgan fingerprint density at radius 3 is 3.04 bits per heavy atom. The molecule has 0 bridgehead atoms. The second-order valence-electron chi connectivity index (χ2n) is 7.00. The Bertz CT molecular complexity index is 708. The third-order valence-corrected chi connectivity index (χ3v) is 5.02. The summed E-state index contributed by atoms with van der Waals surface area (Å²) in [4.78, 5) is 19.1. The maximum absolute atomic E-state index is 12.5. The molecule has 1 aliphatic heterocycles. The van der Waals surface area contributed by atoms with Crippen molar-refractivity contribution in [2.45, 2.75) is 57.8 Å². The number of likely N-dealkylation sites (tertiary alicyclic amines) is 1. The van der Waals surface area contributed by atoms with Crippen molar-refractivity contribution in [1.29, 1.82) is 0 Å². The van der Waals surface area contributed by atoms with Crippen LogP contribution in [0.2, 0.25) is 0 Å². The lowest BCUT2D eigenvalue weighted by atomic mass is 9.97. The van der Waals surface area contributed by atoms with Crippen molar-refractivity contribution in [2.75, 3.05) is 13.1 Å². The Hall–Kier alpha value is -2.18. The summed E-state index contributed by atoms with van der Waals surface area (Å²) in [6.45, 7) is 5.70. The molecule has 0 N–H and O–H groups in total. The van der Waals surface area contributed by atoms with E-state index in [0.717, 1.165) is 43.6 Å². The predicted molar refractivity (Wildman–Crippen MR) is 93.1 cm³/mol. The van der Waals surface area contributed by atoms with Crippen LogP contribution in [0.1, 0.15) is 68.6 Å². The van der Waals surface area contributed by atoms with Crippen molar-refractivity contribution in [2.24, 2.45) is 7.05 Å². The van der Waals surface area contributed by atoms with E-state index in [2.05, 4.69) is 29.1 Å². The number of carbonyl (C=O) groups is 1. The van der Waals surface area contributed by atoms with E-state index < -0.39 is 0 Å². The fourth-order valence-corrected chi connectivity index (χ4v) is 3.21. The Balaban J connectivity index is 1.56. The highest BCUT2D eigenvalue weighted by molar-refractivity contribution is 5.76. The fourth-order valence-electron chi connectivity index (χ4n) is 3.21.